The fraction of sp³-hybridized carbons (Fsp3) is 0.400. The molecule has 0 saturated heterocycles. The third-order valence-corrected chi connectivity index (χ3v) is 4.46. The van der Waals surface area contributed by atoms with E-state index >= 15 is 0 Å². The van der Waals surface area contributed by atoms with Gasteiger partial charge in [0.25, 0.3) is 0 Å². The molecule has 5 nitrogen and oxygen atoms in total. The van der Waals surface area contributed by atoms with Gasteiger partial charge in [-0.25, -0.2) is 0 Å². The summed E-state index contributed by atoms with van der Waals surface area (Å²) in [4.78, 5) is 2.25. The van der Waals surface area contributed by atoms with Crippen molar-refractivity contribution in [1.82, 2.24) is 0 Å². The van der Waals surface area contributed by atoms with Gasteiger partial charge in [-0.3, -0.25) is 0 Å². The highest BCUT2D eigenvalue weighted by Crippen LogP contribution is 2.30. The van der Waals surface area contributed by atoms with Gasteiger partial charge in [0.2, 0.25) is 0 Å². The second kappa shape index (κ2) is 11.8. The van der Waals surface area contributed by atoms with Gasteiger partial charge in [-0.2, -0.15) is 0 Å². The molecule has 2 rings (SSSR count). The van der Waals surface area contributed by atoms with Crippen LogP contribution in [0.2, 0.25) is 0 Å². The normalized spacial score (nSPS) is 12.0. The molecule has 2 aromatic carbocycles. The van der Waals surface area contributed by atoms with Crippen LogP contribution in [0.5, 0.6) is 11.5 Å². The Morgan fingerprint density at radius 3 is 1.88 bits per heavy atom. The number of aliphatic hydroxyl groups excluding tert-OH is 1. The van der Waals surface area contributed by atoms with Gasteiger partial charge in [0.15, 0.2) is 0 Å². The first-order valence-electron chi connectivity index (χ1n) is 8.51. The molecule has 0 fully saturated rings. The van der Waals surface area contributed by atoms with E-state index < -0.39 is 6.10 Å². The first kappa shape index (κ1) is 20.6. The van der Waals surface area contributed by atoms with Gasteiger partial charge in [0, 0.05) is 37.0 Å². The molecular weight excluding hydrogens is 352 g/mol. The van der Waals surface area contributed by atoms with Crippen LogP contribution >= 0.6 is 11.8 Å². The fourth-order valence-corrected chi connectivity index (χ4v) is 2.99. The Bertz CT molecular complexity index is 615. The van der Waals surface area contributed by atoms with E-state index in [1.807, 2.05) is 48.5 Å². The Hall–Kier alpha value is -1.73. The van der Waals surface area contributed by atoms with Gasteiger partial charge in [-0.05, 0) is 48.5 Å². The molecule has 0 heterocycles. The molecule has 0 aliphatic carbocycles. The molecule has 26 heavy (non-hydrogen) atoms. The van der Waals surface area contributed by atoms with Crippen molar-refractivity contribution < 1.29 is 24.1 Å². The molecule has 0 aliphatic rings. The average Bonchev–Trinajstić information content (AvgIpc) is 2.66. The number of ether oxygens (including phenoxy) is 4. The lowest BCUT2D eigenvalue weighted by Gasteiger charge is -2.11. The van der Waals surface area contributed by atoms with Crippen LogP contribution in [0.1, 0.15) is 6.42 Å². The number of hydrogen-bond donors (Lipinski definition) is 1. The Labute approximate surface area is 159 Å². The standard InChI is InChI=1S/C20H26O5S/c1-22-12-3-13-24-17-4-8-19(9-5-17)26-20-10-6-18(7-11-20)25-15-16(21)14-23-2/h4-11,16,21H,3,12-15H2,1-2H3. The number of methoxy groups -OCH3 is 2. The molecular formula is C20H26O5S. The van der Waals surface area contributed by atoms with Crippen LogP contribution in [0.25, 0.3) is 0 Å². The summed E-state index contributed by atoms with van der Waals surface area (Å²) in [6, 6.07) is 15.8. The first-order valence-corrected chi connectivity index (χ1v) is 9.32. The number of rotatable bonds is 12. The predicted molar refractivity (Wildman–Crippen MR) is 102 cm³/mol. The van der Waals surface area contributed by atoms with Gasteiger partial charge < -0.3 is 24.1 Å². The van der Waals surface area contributed by atoms with Crippen molar-refractivity contribution in [2.45, 2.75) is 22.3 Å². The van der Waals surface area contributed by atoms with Crippen LogP contribution < -0.4 is 9.47 Å². The Kier molecular flexibility index (Phi) is 9.34. The van der Waals surface area contributed by atoms with Crippen molar-refractivity contribution >= 4 is 11.8 Å². The summed E-state index contributed by atoms with van der Waals surface area (Å²) in [5.74, 6) is 1.59. The average molecular weight is 378 g/mol. The molecule has 1 N–H and O–H groups in total. The third kappa shape index (κ3) is 7.66. The van der Waals surface area contributed by atoms with Crippen molar-refractivity contribution in [1.29, 1.82) is 0 Å². The predicted octanol–water partition coefficient (Wildman–Crippen LogP) is 3.64. The van der Waals surface area contributed by atoms with E-state index in [2.05, 4.69) is 0 Å². The van der Waals surface area contributed by atoms with Crippen LogP contribution in [0, 0.1) is 0 Å². The summed E-state index contributed by atoms with van der Waals surface area (Å²) < 4.78 is 21.1. The van der Waals surface area contributed by atoms with E-state index in [-0.39, 0.29) is 13.2 Å². The zero-order valence-electron chi connectivity index (χ0n) is 15.2. The summed E-state index contributed by atoms with van der Waals surface area (Å²) in [6.07, 6.45) is 0.258. The highest BCUT2D eigenvalue weighted by Gasteiger charge is 2.05. The maximum absolute atomic E-state index is 9.59. The lowest BCUT2D eigenvalue weighted by Crippen LogP contribution is -2.22. The maximum atomic E-state index is 9.59. The summed E-state index contributed by atoms with van der Waals surface area (Å²) in [5.41, 5.74) is 0. The Morgan fingerprint density at radius 1 is 0.769 bits per heavy atom. The molecule has 0 aliphatic heterocycles. The van der Waals surface area contributed by atoms with E-state index in [9.17, 15) is 5.11 Å². The summed E-state index contributed by atoms with van der Waals surface area (Å²) in [6.45, 7) is 1.84. The number of benzene rings is 2. The van der Waals surface area contributed by atoms with Crippen LogP contribution in [-0.2, 0) is 9.47 Å². The van der Waals surface area contributed by atoms with Crippen LogP contribution in [-0.4, -0.2) is 51.9 Å². The third-order valence-electron chi connectivity index (χ3n) is 3.45. The molecule has 1 unspecified atom stereocenters. The van der Waals surface area contributed by atoms with Gasteiger partial charge in [-0.1, -0.05) is 11.8 Å². The topological polar surface area (TPSA) is 57.2 Å². The number of aliphatic hydroxyl groups is 1. The monoisotopic (exact) mass is 378 g/mol. The van der Waals surface area contributed by atoms with Crippen molar-refractivity contribution in [3.63, 3.8) is 0 Å². The van der Waals surface area contributed by atoms with E-state index in [1.54, 1.807) is 26.0 Å². The molecule has 142 valence electrons. The van der Waals surface area contributed by atoms with Gasteiger partial charge in [0.05, 0.1) is 13.2 Å². The van der Waals surface area contributed by atoms with E-state index in [1.165, 1.54) is 0 Å². The quantitative estimate of drug-likeness (QED) is 0.569. The lowest BCUT2D eigenvalue weighted by molar-refractivity contribution is 0.0325. The van der Waals surface area contributed by atoms with E-state index in [4.69, 9.17) is 18.9 Å². The Balaban J connectivity index is 1.79. The largest absolute Gasteiger partial charge is 0.494 e. The molecule has 0 spiro atoms. The molecule has 0 amide bonds. The van der Waals surface area contributed by atoms with Crippen LogP contribution in [0.4, 0.5) is 0 Å². The van der Waals surface area contributed by atoms with Crippen molar-refractivity contribution in [2.75, 3.05) is 40.6 Å². The van der Waals surface area contributed by atoms with Crippen molar-refractivity contribution in [2.24, 2.45) is 0 Å². The highest BCUT2D eigenvalue weighted by molar-refractivity contribution is 7.99. The van der Waals surface area contributed by atoms with E-state index in [0.29, 0.717) is 13.2 Å². The lowest BCUT2D eigenvalue weighted by atomic mass is 10.3. The molecule has 0 aromatic heterocycles. The maximum Gasteiger partial charge on any atom is 0.119 e. The minimum Gasteiger partial charge on any atom is -0.494 e. The zero-order valence-corrected chi connectivity index (χ0v) is 16.0. The van der Waals surface area contributed by atoms with Crippen LogP contribution in [0.15, 0.2) is 58.3 Å². The molecule has 0 bridgehead atoms. The highest BCUT2D eigenvalue weighted by atomic mass is 32.2. The summed E-state index contributed by atoms with van der Waals surface area (Å²) in [5, 5.41) is 9.59. The fourth-order valence-electron chi connectivity index (χ4n) is 2.17. The second-order valence-corrected chi connectivity index (χ2v) is 6.81. The van der Waals surface area contributed by atoms with Crippen molar-refractivity contribution in [3.05, 3.63) is 48.5 Å². The van der Waals surface area contributed by atoms with Crippen LogP contribution in [0.3, 0.4) is 0 Å². The minimum absolute atomic E-state index is 0.214. The summed E-state index contributed by atoms with van der Waals surface area (Å²) in [7, 11) is 3.24. The minimum atomic E-state index is -0.621. The molecule has 1 atom stereocenters. The molecule has 2 aromatic rings. The van der Waals surface area contributed by atoms with Crippen molar-refractivity contribution in [3.8, 4) is 11.5 Å². The van der Waals surface area contributed by atoms with Gasteiger partial charge in [-0.15, -0.1) is 0 Å². The number of hydrogen-bond acceptors (Lipinski definition) is 6. The van der Waals surface area contributed by atoms with Gasteiger partial charge in [0.1, 0.15) is 24.2 Å². The Morgan fingerprint density at radius 2 is 1.35 bits per heavy atom. The summed E-state index contributed by atoms with van der Waals surface area (Å²) >= 11 is 1.67. The first-order chi connectivity index (χ1) is 12.7. The SMILES string of the molecule is COCCCOc1ccc(Sc2ccc(OCC(O)COC)cc2)cc1. The second-order valence-electron chi connectivity index (χ2n) is 5.66. The molecule has 0 radical (unpaired) electrons. The zero-order chi connectivity index (χ0) is 18.6. The van der Waals surface area contributed by atoms with Gasteiger partial charge >= 0.3 is 0 Å². The molecule has 6 heteroatoms. The molecule has 0 saturated carbocycles. The smallest absolute Gasteiger partial charge is 0.119 e. The van der Waals surface area contributed by atoms with E-state index in [0.717, 1.165) is 27.7 Å².